The molecule has 0 atom stereocenters. The molecule has 0 saturated carbocycles. The predicted octanol–water partition coefficient (Wildman–Crippen LogP) is 1.92. The second-order valence-electron chi connectivity index (χ2n) is 5.63. The van der Waals surface area contributed by atoms with Crippen LogP contribution in [0.25, 0.3) is 0 Å². The minimum atomic E-state index is -0.0847. The second kappa shape index (κ2) is 7.35. The van der Waals surface area contributed by atoms with Crippen molar-refractivity contribution in [2.45, 2.75) is 47.0 Å². The van der Waals surface area contributed by atoms with E-state index in [1.165, 1.54) is 11.9 Å². The molecule has 0 aliphatic carbocycles. The summed E-state index contributed by atoms with van der Waals surface area (Å²) in [5.74, 6) is -0.0847. The molecule has 0 spiro atoms. The van der Waals surface area contributed by atoms with E-state index in [0.717, 1.165) is 42.0 Å². The van der Waals surface area contributed by atoms with E-state index in [2.05, 4.69) is 20.4 Å². The van der Waals surface area contributed by atoms with Crippen LogP contribution in [0.15, 0.2) is 6.33 Å². The largest absolute Gasteiger partial charge is 0.352 e. The standard InChI is InChI=1S/C17H25N5O/c1-6-14-16(15(7-2)20-10-19-14)17(23)18-9-8-13-11(3)21-22(5)12(13)4/h10H,6-9H2,1-5H3,(H,18,23). The van der Waals surface area contributed by atoms with Crippen molar-refractivity contribution in [2.75, 3.05) is 6.54 Å². The van der Waals surface area contributed by atoms with Gasteiger partial charge in [-0.2, -0.15) is 5.10 Å². The van der Waals surface area contributed by atoms with Crippen molar-refractivity contribution in [3.8, 4) is 0 Å². The lowest BCUT2D eigenvalue weighted by atomic mass is 10.1. The van der Waals surface area contributed by atoms with E-state index in [1.807, 2.05) is 39.4 Å². The molecule has 0 aliphatic rings. The minimum Gasteiger partial charge on any atom is -0.352 e. The third kappa shape index (κ3) is 3.57. The van der Waals surface area contributed by atoms with E-state index < -0.39 is 0 Å². The summed E-state index contributed by atoms with van der Waals surface area (Å²) in [5, 5.41) is 7.41. The normalized spacial score (nSPS) is 10.8. The first kappa shape index (κ1) is 17.1. The summed E-state index contributed by atoms with van der Waals surface area (Å²) < 4.78 is 1.88. The fourth-order valence-corrected chi connectivity index (χ4v) is 2.83. The van der Waals surface area contributed by atoms with Gasteiger partial charge in [0, 0.05) is 19.3 Å². The Labute approximate surface area is 137 Å². The molecule has 6 heteroatoms. The molecule has 23 heavy (non-hydrogen) atoms. The van der Waals surface area contributed by atoms with Crippen molar-refractivity contribution in [3.63, 3.8) is 0 Å². The maximum absolute atomic E-state index is 12.6. The number of carbonyl (C=O) groups excluding carboxylic acids is 1. The highest BCUT2D eigenvalue weighted by atomic mass is 16.1. The molecule has 124 valence electrons. The van der Waals surface area contributed by atoms with Crippen LogP contribution in [0.2, 0.25) is 0 Å². The molecule has 2 rings (SSSR count). The predicted molar refractivity (Wildman–Crippen MR) is 89.5 cm³/mol. The molecule has 0 saturated heterocycles. The average molecular weight is 315 g/mol. The van der Waals surface area contributed by atoms with Gasteiger partial charge < -0.3 is 5.32 Å². The molecule has 6 nitrogen and oxygen atoms in total. The van der Waals surface area contributed by atoms with E-state index in [0.29, 0.717) is 12.1 Å². The van der Waals surface area contributed by atoms with Crippen LogP contribution in [-0.4, -0.2) is 32.2 Å². The zero-order valence-electron chi connectivity index (χ0n) is 14.6. The maximum Gasteiger partial charge on any atom is 0.255 e. The van der Waals surface area contributed by atoms with Gasteiger partial charge in [-0.1, -0.05) is 13.8 Å². The Bertz CT molecular complexity index is 683. The van der Waals surface area contributed by atoms with Gasteiger partial charge in [-0.3, -0.25) is 9.48 Å². The van der Waals surface area contributed by atoms with Crippen molar-refractivity contribution < 1.29 is 4.79 Å². The first-order valence-corrected chi connectivity index (χ1v) is 8.09. The summed E-state index contributed by atoms with van der Waals surface area (Å²) in [5.41, 5.74) is 5.61. The molecular weight excluding hydrogens is 290 g/mol. The highest BCUT2D eigenvalue weighted by Gasteiger charge is 2.17. The zero-order valence-corrected chi connectivity index (χ0v) is 14.6. The third-order valence-corrected chi connectivity index (χ3v) is 4.22. The lowest BCUT2D eigenvalue weighted by molar-refractivity contribution is 0.0951. The van der Waals surface area contributed by atoms with E-state index in [9.17, 15) is 4.79 Å². The second-order valence-corrected chi connectivity index (χ2v) is 5.63. The number of hydrogen-bond acceptors (Lipinski definition) is 4. The first-order chi connectivity index (χ1) is 11.0. The summed E-state index contributed by atoms with van der Waals surface area (Å²) in [4.78, 5) is 21.0. The lowest BCUT2D eigenvalue weighted by Gasteiger charge is -2.11. The minimum absolute atomic E-state index is 0.0847. The fourth-order valence-electron chi connectivity index (χ4n) is 2.83. The lowest BCUT2D eigenvalue weighted by Crippen LogP contribution is -2.28. The Morgan fingerprint density at radius 1 is 1.17 bits per heavy atom. The van der Waals surface area contributed by atoms with Gasteiger partial charge in [-0.05, 0) is 38.7 Å². The number of aryl methyl sites for hydroxylation is 4. The first-order valence-electron chi connectivity index (χ1n) is 8.09. The summed E-state index contributed by atoms with van der Waals surface area (Å²) in [6.45, 7) is 8.63. The Balaban J connectivity index is 2.08. The Hall–Kier alpha value is -2.24. The van der Waals surface area contributed by atoms with Crippen molar-refractivity contribution >= 4 is 5.91 Å². The molecule has 2 aromatic rings. The number of nitrogens with one attached hydrogen (secondary N) is 1. The van der Waals surface area contributed by atoms with Gasteiger partial charge in [-0.25, -0.2) is 9.97 Å². The molecule has 1 N–H and O–H groups in total. The summed E-state index contributed by atoms with van der Waals surface area (Å²) in [7, 11) is 1.94. The summed E-state index contributed by atoms with van der Waals surface area (Å²) >= 11 is 0. The average Bonchev–Trinajstić information content (AvgIpc) is 2.79. The van der Waals surface area contributed by atoms with Crippen LogP contribution in [0.5, 0.6) is 0 Å². The van der Waals surface area contributed by atoms with Crippen LogP contribution in [0.3, 0.4) is 0 Å². The highest BCUT2D eigenvalue weighted by molar-refractivity contribution is 5.96. The fraction of sp³-hybridized carbons (Fsp3) is 0.529. The van der Waals surface area contributed by atoms with Crippen molar-refractivity contribution in [2.24, 2.45) is 7.05 Å². The van der Waals surface area contributed by atoms with Crippen molar-refractivity contribution in [1.82, 2.24) is 25.1 Å². The van der Waals surface area contributed by atoms with Crippen LogP contribution in [-0.2, 0) is 26.3 Å². The molecule has 0 fully saturated rings. The van der Waals surface area contributed by atoms with Crippen LogP contribution >= 0.6 is 0 Å². The topological polar surface area (TPSA) is 72.7 Å². The molecule has 0 aromatic carbocycles. The monoisotopic (exact) mass is 315 g/mol. The molecule has 0 unspecified atom stereocenters. The Morgan fingerprint density at radius 3 is 2.26 bits per heavy atom. The number of nitrogens with zero attached hydrogens (tertiary/aromatic N) is 4. The van der Waals surface area contributed by atoms with Gasteiger partial charge in [0.05, 0.1) is 22.6 Å². The third-order valence-electron chi connectivity index (χ3n) is 4.22. The number of amides is 1. The van der Waals surface area contributed by atoms with Gasteiger partial charge in [-0.15, -0.1) is 0 Å². The molecule has 0 radical (unpaired) electrons. The van der Waals surface area contributed by atoms with E-state index in [4.69, 9.17) is 0 Å². The molecule has 0 aliphatic heterocycles. The smallest absolute Gasteiger partial charge is 0.255 e. The van der Waals surface area contributed by atoms with Gasteiger partial charge in [0.25, 0.3) is 5.91 Å². The molecule has 2 aromatic heterocycles. The van der Waals surface area contributed by atoms with E-state index in [-0.39, 0.29) is 5.91 Å². The van der Waals surface area contributed by atoms with Crippen molar-refractivity contribution in [1.29, 1.82) is 0 Å². The SMILES string of the molecule is CCc1ncnc(CC)c1C(=O)NCCc1c(C)nn(C)c1C. The van der Waals surface area contributed by atoms with Gasteiger partial charge in [0.15, 0.2) is 0 Å². The highest BCUT2D eigenvalue weighted by Crippen LogP contribution is 2.13. The Morgan fingerprint density at radius 2 is 1.78 bits per heavy atom. The van der Waals surface area contributed by atoms with Crippen LogP contribution in [0.1, 0.15) is 52.5 Å². The maximum atomic E-state index is 12.6. The number of carbonyl (C=O) groups is 1. The summed E-state index contributed by atoms with van der Waals surface area (Å²) in [6.07, 6.45) is 3.75. The number of aromatic nitrogens is 4. The van der Waals surface area contributed by atoms with Gasteiger partial charge in [0.2, 0.25) is 0 Å². The summed E-state index contributed by atoms with van der Waals surface area (Å²) in [6, 6.07) is 0. The van der Waals surface area contributed by atoms with Gasteiger partial charge in [0.1, 0.15) is 6.33 Å². The van der Waals surface area contributed by atoms with E-state index >= 15 is 0 Å². The van der Waals surface area contributed by atoms with Crippen molar-refractivity contribution in [3.05, 3.63) is 40.2 Å². The van der Waals surface area contributed by atoms with E-state index in [1.54, 1.807) is 0 Å². The van der Waals surface area contributed by atoms with Crippen LogP contribution < -0.4 is 5.32 Å². The van der Waals surface area contributed by atoms with Gasteiger partial charge >= 0.3 is 0 Å². The number of rotatable bonds is 6. The molecule has 2 heterocycles. The Kier molecular flexibility index (Phi) is 5.47. The quantitative estimate of drug-likeness (QED) is 0.884. The molecule has 1 amide bonds. The number of hydrogen-bond donors (Lipinski definition) is 1. The van der Waals surface area contributed by atoms with Crippen LogP contribution in [0, 0.1) is 13.8 Å². The molecule has 0 bridgehead atoms. The molecular formula is C17H25N5O. The zero-order chi connectivity index (χ0) is 17.0. The van der Waals surface area contributed by atoms with Crippen LogP contribution in [0.4, 0.5) is 0 Å².